The van der Waals surface area contributed by atoms with E-state index in [0.29, 0.717) is 22.7 Å². The van der Waals surface area contributed by atoms with E-state index in [1.54, 1.807) is 20.8 Å². The van der Waals surface area contributed by atoms with E-state index in [9.17, 15) is 14.0 Å². The van der Waals surface area contributed by atoms with Gasteiger partial charge in [-0.2, -0.15) is 0 Å². The number of fused-ring (bicyclic) bond motifs is 1. The predicted molar refractivity (Wildman–Crippen MR) is 109 cm³/mol. The Morgan fingerprint density at radius 1 is 1.27 bits per heavy atom. The molecule has 1 fully saturated rings. The van der Waals surface area contributed by atoms with Crippen molar-refractivity contribution in [2.45, 2.75) is 52.1 Å². The summed E-state index contributed by atoms with van der Waals surface area (Å²) in [5.74, 6) is -1.74. The molecule has 1 aromatic carbocycles. The number of nitrogens with zero attached hydrogens (tertiary/aromatic N) is 1. The molecule has 154 valence electrons. The Morgan fingerprint density at radius 3 is 2.63 bits per heavy atom. The van der Waals surface area contributed by atoms with Gasteiger partial charge in [-0.25, -0.2) is 14.0 Å². The molecule has 1 atom stereocenters. The van der Waals surface area contributed by atoms with Gasteiger partial charge >= 0.3 is 5.97 Å². The zero-order chi connectivity index (χ0) is 21.6. The van der Waals surface area contributed by atoms with Crippen LogP contribution in [0.15, 0.2) is 50.1 Å². The van der Waals surface area contributed by atoms with Crippen LogP contribution in [0.25, 0.3) is 15.8 Å². The summed E-state index contributed by atoms with van der Waals surface area (Å²) in [7, 11) is 0. The Bertz CT molecular complexity index is 1230. The summed E-state index contributed by atoms with van der Waals surface area (Å²) in [6.45, 7) is 12.8. The minimum Gasteiger partial charge on any atom is -0.461 e. The monoisotopic (exact) mass is 408 g/mol. The lowest BCUT2D eigenvalue weighted by atomic mass is 9.83. The predicted octanol–water partition coefficient (Wildman–Crippen LogP) is 4.45. The average Bonchev–Trinajstić information content (AvgIpc) is 2.64. The largest absolute Gasteiger partial charge is 0.461 e. The van der Waals surface area contributed by atoms with Crippen LogP contribution < -0.4 is 10.7 Å². The first-order chi connectivity index (χ1) is 14.3. The van der Waals surface area contributed by atoms with Gasteiger partial charge in [-0.3, -0.25) is 4.79 Å². The Labute approximate surface area is 172 Å². The number of ether oxygens (including phenoxy) is 1. The maximum Gasteiger partial charge on any atom is 0.335 e. The van der Waals surface area contributed by atoms with Gasteiger partial charge < -0.3 is 14.5 Å². The number of carbonyl (C=O) groups excluding carboxylic acids is 1. The molecule has 1 aliphatic carbocycles. The Morgan fingerprint density at radius 2 is 2.00 bits per heavy atom. The summed E-state index contributed by atoms with van der Waals surface area (Å²) in [5, 5.41) is 2.89. The minimum atomic E-state index is -0.829. The third-order valence-corrected chi connectivity index (χ3v) is 5.68. The van der Waals surface area contributed by atoms with Gasteiger partial charge in [-0.15, -0.1) is 0 Å². The third-order valence-electron chi connectivity index (χ3n) is 5.68. The molecule has 2 aromatic rings. The van der Waals surface area contributed by atoms with Gasteiger partial charge in [-0.05, 0) is 51.7 Å². The zero-order valence-corrected chi connectivity index (χ0v) is 17.0. The molecule has 0 amide bonds. The van der Waals surface area contributed by atoms with Crippen molar-refractivity contribution < 1.29 is 18.3 Å². The number of dihydropyridines is 1. The van der Waals surface area contributed by atoms with Crippen LogP contribution >= 0.6 is 0 Å². The van der Waals surface area contributed by atoms with Crippen LogP contribution in [0, 0.1) is 19.3 Å². The number of nitrogens with one attached hydrogen (secondary N) is 1. The Hall–Kier alpha value is -3.40. The summed E-state index contributed by atoms with van der Waals surface area (Å²) < 4.78 is 25.9. The van der Waals surface area contributed by atoms with Crippen LogP contribution in [-0.4, -0.2) is 12.1 Å². The average molecular weight is 408 g/mol. The fourth-order valence-electron chi connectivity index (χ4n) is 4.00. The van der Waals surface area contributed by atoms with Gasteiger partial charge in [-0.1, -0.05) is 6.07 Å². The number of hydrogen-bond donors (Lipinski definition) is 1. The lowest BCUT2D eigenvalue weighted by Gasteiger charge is -2.31. The standard InChI is InChI=1S/C23H21FN2O4/c1-11-10-17(27)20-16(24)9-8-15(22(20)29-11)19-18(23(28)30-14-6-5-7-14)12(2)26-13(3)21(19)25-4/h8-10,14,19,26H,5-7H2,1-3H3. The van der Waals surface area contributed by atoms with Crippen molar-refractivity contribution in [2.24, 2.45) is 0 Å². The van der Waals surface area contributed by atoms with Crippen LogP contribution in [0.3, 0.4) is 0 Å². The fourth-order valence-corrected chi connectivity index (χ4v) is 4.00. The van der Waals surface area contributed by atoms with E-state index < -0.39 is 23.1 Å². The highest BCUT2D eigenvalue weighted by Crippen LogP contribution is 2.42. The maximum atomic E-state index is 14.5. The van der Waals surface area contributed by atoms with Crippen LogP contribution in [0.2, 0.25) is 0 Å². The summed E-state index contributed by atoms with van der Waals surface area (Å²) in [6.07, 6.45) is 2.51. The van der Waals surface area contributed by atoms with Crippen molar-refractivity contribution in [1.82, 2.24) is 5.32 Å². The van der Waals surface area contributed by atoms with E-state index in [0.717, 1.165) is 19.3 Å². The van der Waals surface area contributed by atoms with E-state index in [1.807, 2.05) is 0 Å². The van der Waals surface area contributed by atoms with E-state index in [1.165, 1.54) is 18.2 Å². The van der Waals surface area contributed by atoms with E-state index in [2.05, 4.69) is 10.2 Å². The number of esters is 1. The molecule has 1 N–H and O–H groups in total. The molecule has 30 heavy (non-hydrogen) atoms. The number of benzene rings is 1. The highest BCUT2D eigenvalue weighted by molar-refractivity contribution is 5.94. The molecule has 0 bridgehead atoms. The van der Waals surface area contributed by atoms with Gasteiger partial charge in [0.1, 0.15) is 28.7 Å². The molecule has 4 rings (SSSR count). The van der Waals surface area contributed by atoms with Crippen LogP contribution in [0.1, 0.15) is 50.4 Å². The van der Waals surface area contributed by atoms with Gasteiger partial charge in [0.2, 0.25) is 0 Å². The SMILES string of the molecule is [C-]#[N+]C1=C(C)NC(C)=C(C(=O)OC2CCC2)C1c1ccc(F)c2c(=O)cc(C)oc12. The topological polar surface area (TPSA) is 72.9 Å². The van der Waals surface area contributed by atoms with Crippen LogP contribution in [0.4, 0.5) is 4.39 Å². The first kappa shape index (κ1) is 19.9. The zero-order valence-electron chi connectivity index (χ0n) is 17.0. The first-order valence-corrected chi connectivity index (χ1v) is 9.81. The summed E-state index contributed by atoms with van der Waals surface area (Å²) in [6, 6.07) is 3.87. The van der Waals surface area contributed by atoms with Gasteiger partial charge in [0.05, 0.1) is 18.1 Å². The molecule has 6 nitrogen and oxygen atoms in total. The van der Waals surface area contributed by atoms with Crippen molar-refractivity contribution in [1.29, 1.82) is 0 Å². The lowest BCUT2D eigenvalue weighted by molar-refractivity contribution is -0.148. The number of hydrogen-bond acceptors (Lipinski definition) is 5. The maximum absolute atomic E-state index is 14.5. The quantitative estimate of drug-likeness (QED) is 0.600. The molecule has 1 aromatic heterocycles. The molecular weight excluding hydrogens is 387 g/mol. The van der Waals surface area contributed by atoms with Gasteiger partial charge in [0.15, 0.2) is 11.1 Å². The lowest BCUT2D eigenvalue weighted by Crippen LogP contribution is -2.32. The number of rotatable bonds is 3. The Kier molecular flexibility index (Phi) is 4.94. The normalized spacial score (nSPS) is 19.4. The second-order valence-electron chi connectivity index (χ2n) is 7.74. The Balaban J connectivity index is 1.96. The first-order valence-electron chi connectivity index (χ1n) is 9.81. The van der Waals surface area contributed by atoms with E-state index in [-0.39, 0.29) is 28.3 Å². The molecule has 1 saturated carbocycles. The number of allylic oxidation sites excluding steroid dienone is 3. The molecule has 7 heteroatoms. The van der Waals surface area contributed by atoms with Crippen LogP contribution in [-0.2, 0) is 9.53 Å². The number of carbonyl (C=O) groups is 1. The second-order valence-corrected chi connectivity index (χ2v) is 7.74. The molecule has 2 aliphatic rings. The van der Waals surface area contributed by atoms with Crippen molar-refractivity contribution in [3.05, 3.63) is 79.6 Å². The molecule has 1 aliphatic heterocycles. The van der Waals surface area contributed by atoms with Crippen molar-refractivity contribution in [3.8, 4) is 0 Å². The highest BCUT2D eigenvalue weighted by atomic mass is 19.1. The number of aryl methyl sites for hydroxylation is 1. The summed E-state index contributed by atoms with van der Waals surface area (Å²) >= 11 is 0. The smallest absolute Gasteiger partial charge is 0.335 e. The molecule has 1 unspecified atom stereocenters. The molecule has 0 radical (unpaired) electrons. The van der Waals surface area contributed by atoms with Crippen molar-refractivity contribution >= 4 is 16.9 Å². The molecule has 0 saturated heterocycles. The molecular formula is C23H21FN2O4. The minimum absolute atomic E-state index is 0.0441. The van der Waals surface area contributed by atoms with Crippen LogP contribution in [0.5, 0.6) is 0 Å². The van der Waals surface area contributed by atoms with Crippen molar-refractivity contribution in [2.75, 3.05) is 0 Å². The summed E-state index contributed by atoms with van der Waals surface area (Å²) in [4.78, 5) is 29.2. The summed E-state index contributed by atoms with van der Waals surface area (Å²) in [5.41, 5.74) is 1.61. The molecule has 2 heterocycles. The van der Waals surface area contributed by atoms with Gasteiger partial charge in [0, 0.05) is 17.5 Å². The fraction of sp³-hybridized carbons (Fsp3) is 0.348. The number of halogens is 1. The second kappa shape index (κ2) is 7.45. The highest BCUT2D eigenvalue weighted by Gasteiger charge is 2.38. The van der Waals surface area contributed by atoms with E-state index in [4.69, 9.17) is 15.7 Å². The third kappa shape index (κ3) is 3.18. The van der Waals surface area contributed by atoms with E-state index >= 15 is 0 Å². The molecule has 0 spiro atoms. The van der Waals surface area contributed by atoms with Crippen molar-refractivity contribution in [3.63, 3.8) is 0 Å². The van der Waals surface area contributed by atoms with Gasteiger partial charge in [0.25, 0.3) is 0 Å².